The van der Waals surface area contributed by atoms with E-state index in [1.54, 1.807) is 11.3 Å². The Morgan fingerprint density at radius 1 is 0.964 bits per heavy atom. The molecule has 146 valence electrons. The molecule has 28 heavy (non-hydrogen) atoms. The molecule has 0 spiro atoms. The van der Waals surface area contributed by atoms with Crippen molar-refractivity contribution in [1.29, 1.82) is 0 Å². The minimum Gasteiger partial charge on any atom is -0.492 e. The van der Waals surface area contributed by atoms with Gasteiger partial charge in [-0.05, 0) is 46.8 Å². The summed E-state index contributed by atoms with van der Waals surface area (Å²) in [6, 6.07) is 19.2. The lowest BCUT2D eigenvalue weighted by atomic mass is 9.90. The maximum absolute atomic E-state index is 13.4. The van der Waals surface area contributed by atoms with E-state index in [2.05, 4.69) is 34.5 Å². The third-order valence-corrected chi connectivity index (χ3v) is 5.96. The number of rotatable bonds is 7. The predicted molar refractivity (Wildman–Crippen MR) is 111 cm³/mol. The van der Waals surface area contributed by atoms with E-state index in [-0.39, 0.29) is 11.7 Å². The minimum absolute atomic E-state index is 0.1000. The number of hydrogen-bond acceptors (Lipinski definition) is 4. The largest absolute Gasteiger partial charge is 0.492 e. The van der Waals surface area contributed by atoms with E-state index in [0.29, 0.717) is 6.61 Å². The van der Waals surface area contributed by atoms with Crippen LogP contribution in [0, 0.1) is 5.82 Å². The van der Waals surface area contributed by atoms with E-state index in [4.69, 9.17) is 9.47 Å². The summed E-state index contributed by atoms with van der Waals surface area (Å²) < 4.78 is 24.7. The summed E-state index contributed by atoms with van der Waals surface area (Å²) in [5.41, 5.74) is 2.26. The van der Waals surface area contributed by atoms with Crippen molar-refractivity contribution in [3.05, 3.63) is 87.9 Å². The summed E-state index contributed by atoms with van der Waals surface area (Å²) >= 11 is 1.72. The summed E-state index contributed by atoms with van der Waals surface area (Å²) in [5.74, 6) is 0.766. The Bertz CT molecular complexity index is 843. The molecule has 1 unspecified atom stereocenters. The van der Waals surface area contributed by atoms with Gasteiger partial charge in [0.1, 0.15) is 18.2 Å². The smallest absolute Gasteiger partial charge is 0.123 e. The molecule has 3 nitrogen and oxygen atoms in total. The monoisotopic (exact) mass is 397 g/mol. The number of nitrogens with zero attached hydrogens (tertiary/aromatic N) is 1. The summed E-state index contributed by atoms with van der Waals surface area (Å²) in [4.78, 5) is 3.60. The van der Waals surface area contributed by atoms with E-state index in [1.807, 2.05) is 24.3 Å². The summed E-state index contributed by atoms with van der Waals surface area (Å²) in [6.07, 6.45) is 0. The molecule has 1 atom stereocenters. The number of morpholine rings is 1. The number of ether oxygens (including phenoxy) is 2. The molecule has 0 radical (unpaired) electrons. The predicted octanol–water partition coefficient (Wildman–Crippen LogP) is 4.78. The molecule has 2 heterocycles. The van der Waals surface area contributed by atoms with Crippen LogP contribution in [0.4, 0.5) is 4.39 Å². The SMILES string of the molecule is Fc1ccc(C(c2ccc(OCCN3CCOCC3)cc2)c2cccs2)cc1. The first kappa shape index (κ1) is 19.1. The Kier molecular flexibility index (Phi) is 6.37. The molecule has 0 aliphatic carbocycles. The third-order valence-electron chi connectivity index (χ3n) is 5.02. The van der Waals surface area contributed by atoms with Crippen molar-refractivity contribution in [2.45, 2.75) is 5.92 Å². The van der Waals surface area contributed by atoms with Crippen molar-refractivity contribution >= 4 is 11.3 Å². The van der Waals surface area contributed by atoms with Gasteiger partial charge in [-0.25, -0.2) is 4.39 Å². The van der Waals surface area contributed by atoms with Crippen LogP contribution >= 0.6 is 11.3 Å². The standard InChI is InChI=1S/C23H24FNO2S/c24-20-7-3-18(4-8-20)23(22-2-1-17-28-22)19-5-9-21(10-6-19)27-16-13-25-11-14-26-15-12-25/h1-10,17,23H,11-16H2. The zero-order chi connectivity index (χ0) is 19.2. The summed E-state index contributed by atoms with van der Waals surface area (Å²) in [7, 11) is 0. The molecule has 1 aliphatic rings. The first-order chi connectivity index (χ1) is 13.8. The Hall–Kier alpha value is -2.21. The van der Waals surface area contributed by atoms with Gasteiger partial charge in [-0.15, -0.1) is 11.3 Å². The second-order valence-corrected chi connectivity index (χ2v) is 7.85. The highest BCUT2D eigenvalue weighted by atomic mass is 32.1. The highest BCUT2D eigenvalue weighted by molar-refractivity contribution is 7.10. The van der Waals surface area contributed by atoms with Gasteiger partial charge < -0.3 is 9.47 Å². The second-order valence-electron chi connectivity index (χ2n) is 6.87. The van der Waals surface area contributed by atoms with Gasteiger partial charge in [0, 0.05) is 30.4 Å². The van der Waals surface area contributed by atoms with Crippen LogP contribution in [-0.4, -0.2) is 44.4 Å². The quantitative estimate of drug-likeness (QED) is 0.573. The van der Waals surface area contributed by atoms with Gasteiger partial charge in [-0.3, -0.25) is 4.90 Å². The van der Waals surface area contributed by atoms with Crippen LogP contribution in [0.5, 0.6) is 5.75 Å². The average molecular weight is 398 g/mol. The van der Waals surface area contributed by atoms with Crippen LogP contribution in [0.15, 0.2) is 66.0 Å². The minimum atomic E-state index is -0.210. The van der Waals surface area contributed by atoms with Crippen LogP contribution < -0.4 is 4.74 Å². The van der Waals surface area contributed by atoms with E-state index >= 15 is 0 Å². The molecule has 3 aromatic rings. The fraction of sp³-hybridized carbons (Fsp3) is 0.304. The Balaban J connectivity index is 1.44. The van der Waals surface area contributed by atoms with Crippen molar-refractivity contribution in [3.63, 3.8) is 0 Å². The summed E-state index contributed by atoms with van der Waals surface area (Å²) in [5, 5.41) is 2.08. The zero-order valence-corrected chi connectivity index (χ0v) is 16.5. The topological polar surface area (TPSA) is 21.7 Å². The molecular weight excluding hydrogens is 373 g/mol. The molecule has 0 saturated carbocycles. The fourth-order valence-electron chi connectivity index (χ4n) is 3.51. The molecule has 4 rings (SSSR count). The van der Waals surface area contributed by atoms with Crippen LogP contribution in [0.1, 0.15) is 21.9 Å². The van der Waals surface area contributed by atoms with Gasteiger partial charge >= 0.3 is 0 Å². The number of halogens is 1. The molecule has 1 fully saturated rings. The van der Waals surface area contributed by atoms with Gasteiger partial charge in [-0.2, -0.15) is 0 Å². The number of hydrogen-bond donors (Lipinski definition) is 0. The van der Waals surface area contributed by atoms with Crippen molar-refractivity contribution in [3.8, 4) is 5.75 Å². The van der Waals surface area contributed by atoms with E-state index in [9.17, 15) is 4.39 Å². The van der Waals surface area contributed by atoms with E-state index in [1.165, 1.54) is 22.6 Å². The molecular formula is C23H24FNO2S. The molecule has 5 heteroatoms. The van der Waals surface area contributed by atoms with Gasteiger partial charge in [0.25, 0.3) is 0 Å². The van der Waals surface area contributed by atoms with Crippen LogP contribution in [0.25, 0.3) is 0 Å². The highest BCUT2D eigenvalue weighted by Gasteiger charge is 2.18. The Labute approximate surface area is 169 Å². The lowest BCUT2D eigenvalue weighted by molar-refractivity contribution is 0.0322. The number of thiophene rings is 1. The van der Waals surface area contributed by atoms with Crippen molar-refractivity contribution in [2.75, 3.05) is 39.5 Å². The van der Waals surface area contributed by atoms with Crippen molar-refractivity contribution in [2.24, 2.45) is 0 Å². The molecule has 1 aliphatic heterocycles. The summed E-state index contributed by atoms with van der Waals surface area (Å²) in [6.45, 7) is 5.15. The molecule has 0 amide bonds. The highest BCUT2D eigenvalue weighted by Crippen LogP contribution is 2.35. The normalized spacial score (nSPS) is 16.0. The maximum Gasteiger partial charge on any atom is 0.123 e. The maximum atomic E-state index is 13.4. The fourth-order valence-corrected chi connectivity index (χ4v) is 4.39. The van der Waals surface area contributed by atoms with Crippen molar-refractivity contribution < 1.29 is 13.9 Å². The van der Waals surface area contributed by atoms with Gasteiger partial charge in [0.2, 0.25) is 0 Å². The Morgan fingerprint density at radius 2 is 1.64 bits per heavy atom. The van der Waals surface area contributed by atoms with E-state index in [0.717, 1.165) is 44.2 Å². The van der Waals surface area contributed by atoms with E-state index < -0.39 is 0 Å². The third kappa shape index (κ3) is 4.79. The van der Waals surface area contributed by atoms with Crippen molar-refractivity contribution in [1.82, 2.24) is 4.90 Å². The van der Waals surface area contributed by atoms with Crippen LogP contribution in [-0.2, 0) is 4.74 Å². The second kappa shape index (κ2) is 9.32. The zero-order valence-electron chi connectivity index (χ0n) is 15.7. The lowest BCUT2D eigenvalue weighted by Gasteiger charge is -2.26. The average Bonchev–Trinajstić information content (AvgIpc) is 3.26. The Morgan fingerprint density at radius 3 is 2.29 bits per heavy atom. The van der Waals surface area contributed by atoms with Crippen LogP contribution in [0.2, 0.25) is 0 Å². The molecule has 1 saturated heterocycles. The number of benzene rings is 2. The van der Waals surface area contributed by atoms with Gasteiger partial charge in [0.15, 0.2) is 0 Å². The van der Waals surface area contributed by atoms with Crippen LogP contribution in [0.3, 0.4) is 0 Å². The van der Waals surface area contributed by atoms with Gasteiger partial charge in [0.05, 0.1) is 13.2 Å². The first-order valence-corrected chi connectivity index (χ1v) is 10.5. The molecule has 1 aromatic heterocycles. The lowest BCUT2D eigenvalue weighted by Crippen LogP contribution is -2.38. The van der Waals surface area contributed by atoms with Gasteiger partial charge in [-0.1, -0.05) is 30.3 Å². The molecule has 2 aromatic carbocycles. The first-order valence-electron chi connectivity index (χ1n) is 9.61. The molecule has 0 bridgehead atoms. The molecule has 0 N–H and O–H groups in total.